The van der Waals surface area contributed by atoms with Crippen LogP contribution in [0.5, 0.6) is 0 Å². The molecular formula is C9H3F3N4. The molecule has 1 aromatic carbocycles. The van der Waals surface area contributed by atoms with Crippen LogP contribution in [0.25, 0.3) is 0 Å². The predicted octanol–water partition coefficient (Wildman–Crippen LogP) is 1.92. The molecule has 0 spiro atoms. The minimum absolute atomic E-state index is 0.209. The van der Waals surface area contributed by atoms with Crippen LogP contribution in [-0.4, -0.2) is 5.71 Å². The fourth-order valence-electron chi connectivity index (χ4n) is 0.816. The van der Waals surface area contributed by atoms with E-state index in [0.717, 1.165) is 0 Å². The third-order valence-corrected chi connectivity index (χ3v) is 1.49. The Morgan fingerprint density at radius 3 is 2.06 bits per heavy atom. The first-order chi connectivity index (χ1) is 7.58. The second-order valence-electron chi connectivity index (χ2n) is 2.55. The van der Waals surface area contributed by atoms with E-state index in [1.165, 1.54) is 12.1 Å². The van der Waals surface area contributed by atoms with Crippen LogP contribution in [0.15, 0.2) is 17.2 Å². The lowest BCUT2D eigenvalue weighted by Gasteiger charge is -2.01. The molecule has 4 nitrogen and oxygen atoms in total. The van der Waals surface area contributed by atoms with Crippen molar-refractivity contribution in [2.24, 2.45) is 5.10 Å². The zero-order valence-corrected chi connectivity index (χ0v) is 7.63. The van der Waals surface area contributed by atoms with Crippen LogP contribution in [0.1, 0.15) is 0 Å². The third-order valence-electron chi connectivity index (χ3n) is 1.49. The minimum atomic E-state index is -1.60. The van der Waals surface area contributed by atoms with Crippen molar-refractivity contribution in [3.05, 3.63) is 29.6 Å². The summed E-state index contributed by atoms with van der Waals surface area (Å²) in [4.78, 5) is 0. The molecule has 0 heterocycles. The van der Waals surface area contributed by atoms with Gasteiger partial charge >= 0.3 is 0 Å². The first-order valence-electron chi connectivity index (χ1n) is 3.87. The highest BCUT2D eigenvalue weighted by molar-refractivity contribution is 6.10. The molecule has 0 radical (unpaired) electrons. The van der Waals surface area contributed by atoms with Crippen LogP contribution in [-0.2, 0) is 0 Å². The van der Waals surface area contributed by atoms with Crippen molar-refractivity contribution >= 4 is 11.4 Å². The van der Waals surface area contributed by atoms with Crippen LogP contribution >= 0.6 is 0 Å². The number of hydrogen-bond acceptors (Lipinski definition) is 4. The molecule has 0 unspecified atom stereocenters. The number of anilines is 1. The van der Waals surface area contributed by atoms with E-state index < -0.39 is 23.2 Å². The molecule has 7 heteroatoms. The summed E-state index contributed by atoms with van der Waals surface area (Å²) in [6.45, 7) is 0. The van der Waals surface area contributed by atoms with Gasteiger partial charge in [-0.2, -0.15) is 15.6 Å². The number of hydrazone groups is 1. The van der Waals surface area contributed by atoms with Gasteiger partial charge in [-0.1, -0.05) is 0 Å². The van der Waals surface area contributed by atoms with Gasteiger partial charge in [-0.15, -0.1) is 0 Å². The molecule has 0 amide bonds. The molecule has 0 bridgehead atoms. The summed E-state index contributed by atoms with van der Waals surface area (Å²) in [6.07, 6.45) is 0. The molecule has 0 aliphatic rings. The van der Waals surface area contributed by atoms with Gasteiger partial charge in [0.1, 0.15) is 12.1 Å². The van der Waals surface area contributed by atoms with Gasteiger partial charge in [0.25, 0.3) is 0 Å². The maximum Gasteiger partial charge on any atom is 0.237 e. The fraction of sp³-hybridized carbons (Fsp3) is 0. The Hall–Kier alpha value is -2.54. The smallest absolute Gasteiger partial charge is 0.237 e. The molecule has 1 N–H and O–H groups in total. The number of hydrogen-bond donors (Lipinski definition) is 1. The highest BCUT2D eigenvalue weighted by Crippen LogP contribution is 2.17. The number of nitriles is 2. The maximum atomic E-state index is 12.7. The quantitative estimate of drug-likeness (QED) is 0.473. The number of nitrogens with zero attached hydrogens (tertiary/aromatic N) is 3. The number of halogens is 3. The van der Waals surface area contributed by atoms with Crippen molar-refractivity contribution in [3.63, 3.8) is 0 Å². The van der Waals surface area contributed by atoms with Gasteiger partial charge in [0, 0.05) is 12.1 Å². The lowest BCUT2D eigenvalue weighted by Crippen LogP contribution is -1.99. The van der Waals surface area contributed by atoms with Gasteiger partial charge in [0.05, 0.1) is 5.69 Å². The van der Waals surface area contributed by atoms with E-state index in [9.17, 15) is 13.2 Å². The van der Waals surface area contributed by atoms with E-state index in [1.807, 2.05) is 0 Å². The average Bonchev–Trinajstić information content (AvgIpc) is 2.27. The van der Waals surface area contributed by atoms with Crippen LogP contribution in [0.4, 0.5) is 18.9 Å². The van der Waals surface area contributed by atoms with E-state index in [-0.39, 0.29) is 5.69 Å². The van der Waals surface area contributed by atoms with Gasteiger partial charge in [-0.25, -0.2) is 13.2 Å². The van der Waals surface area contributed by atoms with Gasteiger partial charge in [-0.3, -0.25) is 5.43 Å². The van der Waals surface area contributed by atoms with Crippen LogP contribution in [0, 0.1) is 40.1 Å². The van der Waals surface area contributed by atoms with Crippen molar-refractivity contribution in [1.82, 2.24) is 0 Å². The van der Waals surface area contributed by atoms with Gasteiger partial charge < -0.3 is 0 Å². The van der Waals surface area contributed by atoms with Gasteiger partial charge in [-0.05, 0) is 0 Å². The largest absolute Gasteiger partial charge is 0.276 e. The first-order valence-corrected chi connectivity index (χ1v) is 3.87. The second kappa shape index (κ2) is 4.80. The Balaban J connectivity index is 2.98. The molecule has 0 aliphatic carbocycles. The van der Waals surface area contributed by atoms with E-state index >= 15 is 0 Å². The molecule has 0 aromatic heterocycles. The fourth-order valence-corrected chi connectivity index (χ4v) is 0.816. The Labute approximate surface area is 88.2 Å². The molecule has 0 saturated carbocycles. The SMILES string of the molecule is N#CC(C#N)=NNc1cc(F)c(F)c(F)c1. The molecule has 1 rings (SSSR count). The summed E-state index contributed by atoms with van der Waals surface area (Å²) in [5, 5.41) is 19.8. The summed E-state index contributed by atoms with van der Waals surface area (Å²) in [5.41, 5.74) is 1.32. The molecule has 0 aliphatic heterocycles. The minimum Gasteiger partial charge on any atom is -0.276 e. The van der Waals surface area contributed by atoms with Crippen molar-refractivity contribution in [3.8, 4) is 12.1 Å². The van der Waals surface area contributed by atoms with Crippen molar-refractivity contribution in [1.29, 1.82) is 10.5 Å². The zero-order chi connectivity index (χ0) is 12.1. The predicted molar refractivity (Wildman–Crippen MR) is 48.6 cm³/mol. The summed E-state index contributed by atoms with van der Waals surface area (Å²) in [7, 11) is 0. The standard InChI is InChI=1S/C9H3F3N4/c10-7-1-5(2-8(11)9(7)12)15-16-6(3-13)4-14/h1-2,15H. The number of nitrogens with one attached hydrogen (secondary N) is 1. The number of benzene rings is 1. The Bertz CT molecular complexity index is 486. The Morgan fingerprint density at radius 2 is 1.62 bits per heavy atom. The molecule has 16 heavy (non-hydrogen) atoms. The molecular weight excluding hydrogens is 221 g/mol. The number of rotatable bonds is 2. The summed E-state index contributed by atoms with van der Waals surface area (Å²) in [6, 6.07) is 4.15. The third kappa shape index (κ3) is 2.49. The lowest BCUT2D eigenvalue weighted by molar-refractivity contribution is 0.448. The molecule has 80 valence electrons. The molecule has 1 aromatic rings. The van der Waals surface area contributed by atoms with E-state index in [1.54, 1.807) is 0 Å². The Morgan fingerprint density at radius 1 is 1.12 bits per heavy atom. The van der Waals surface area contributed by atoms with E-state index in [0.29, 0.717) is 12.1 Å². The molecule has 0 saturated heterocycles. The van der Waals surface area contributed by atoms with E-state index in [2.05, 4.69) is 10.5 Å². The molecule has 0 atom stereocenters. The van der Waals surface area contributed by atoms with Crippen molar-refractivity contribution < 1.29 is 13.2 Å². The second-order valence-corrected chi connectivity index (χ2v) is 2.55. The van der Waals surface area contributed by atoms with E-state index in [4.69, 9.17) is 10.5 Å². The lowest BCUT2D eigenvalue weighted by atomic mass is 10.3. The highest BCUT2D eigenvalue weighted by Gasteiger charge is 2.10. The highest BCUT2D eigenvalue weighted by atomic mass is 19.2. The summed E-state index contributed by atoms with van der Waals surface area (Å²) >= 11 is 0. The first kappa shape index (κ1) is 11.5. The van der Waals surface area contributed by atoms with Crippen LogP contribution in [0.3, 0.4) is 0 Å². The van der Waals surface area contributed by atoms with Crippen LogP contribution in [0.2, 0.25) is 0 Å². The normalized spacial score (nSPS) is 8.81. The van der Waals surface area contributed by atoms with Gasteiger partial charge in [0.15, 0.2) is 17.5 Å². The molecule has 0 fully saturated rings. The van der Waals surface area contributed by atoms with Gasteiger partial charge in [0.2, 0.25) is 5.71 Å². The monoisotopic (exact) mass is 224 g/mol. The summed E-state index contributed by atoms with van der Waals surface area (Å²) in [5.74, 6) is -4.39. The average molecular weight is 224 g/mol. The van der Waals surface area contributed by atoms with Crippen molar-refractivity contribution in [2.75, 3.05) is 5.43 Å². The van der Waals surface area contributed by atoms with Crippen LogP contribution < -0.4 is 5.43 Å². The maximum absolute atomic E-state index is 12.7. The summed E-state index contributed by atoms with van der Waals surface area (Å²) < 4.78 is 37.9. The Kier molecular flexibility index (Phi) is 3.46. The van der Waals surface area contributed by atoms with Crippen molar-refractivity contribution in [2.45, 2.75) is 0 Å². The zero-order valence-electron chi connectivity index (χ0n) is 7.63. The topological polar surface area (TPSA) is 72.0 Å².